The van der Waals surface area contributed by atoms with Crippen LogP contribution in [0.2, 0.25) is 0 Å². The van der Waals surface area contributed by atoms with Gasteiger partial charge in [-0.3, -0.25) is 9.52 Å². The summed E-state index contributed by atoms with van der Waals surface area (Å²) in [6.45, 7) is 1.79. The van der Waals surface area contributed by atoms with Crippen molar-refractivity contribution in [2.45, 2.75) is 57.9 Å². The lowest BCUT2D eigenvalue weighted by atomic mass is 9.96. The molecule has 0 unspecified atom stereocenters. The van der Waals surface area contributed by atoms with Gasteiger partial charge in [-0.2, -0.15) is 0 Å². The molecule has 2 rings (SSSR count). The normalized spacial score (nSPS) is 17.1. The Hall–Kier alpha value is -1.56. The predicted octanol–water partition coefficient (Wildman–Crippen LogP) is 3.21. The Morgan fingerprint density at radius 2 is 1.70 bits per heavy atom. The monoisotopic (exact) mass is 338 g/mol. The van der Waals surface area contributed by atoms with E-state index in [0.717, 1.165) is 24.7 Å². The van der Waals surface area contributed by atoms with Crippen LogP contribution >= 0.6 is 0 Å². The molecule has 0 saturated heterocycles. The van der Waals surface area contributed by atoms with Gasteiger partial charge in [0.05, 0.1) is 11.9 Å². The van der Waals surface area contributed by atoms with Crippen LogP contribution in [0.5, 0.6) is 0 Å². The van der Waals surface area contributed by atoms with Gasteiger partial charge >= 0.3 is 0 Å². The minimum atomic E-state index is -3.31. The van der Waals surface area contributed by atoms with E-state index in [1.54, 1.807) is 25.1 Å². The topological polar surface area (TPSA) is 75.3 Å². The number of rotatable bonds is 4. The van der Waals surface area contributed by atoms with Crippen LogP contribution in [0.3, 0.4) is 0 Å². The number of anilines is 1. The van der Waals surface area contributed by atoms with Gasteiger partial charge in [0, 0.05) is 11.6 Å². The van der Waals surface area contributed by atoms with Gasteiger partial charge in [-0.15, -0.1) is 0 Å². The second kappa shape index (κ2) is 7.81. The van der Waals surface area contributed by atoms with Crippen molar-refractivity contribution < 1.29 is 13.2 Å². The van der Waals surface area contributed by atoms with Crippen LogP contribution < -0.4 is 10.0 Å². The highest BCUT2D eigenvalue weighted by atomic mass is 32.2. The van der Waals surface area contributed by atoms with Gasteiger partial charge in [0.25, 0.3) is 5.91 Å². The molecule has 128 valence electrons. The summed E-state index contributed by atoms with van der Waals surface area (Å²) in [6.07, 6.45) is 9.32. The Morgan fingerprint density at radius 1 is 1.09 bits per heavy atom. The zero-order valence-corrected chi connectivity index (χ0v) is 14.7. The van der Waals surface area contributed by atoms with E-state index < -0.39 is 10.0 Å². The molecule has 0 aliphatic heterocycles. The lowest BCUT2D eigenvalue weighted by molar-refractivity contribution is 0.0930. The third-order valence-corrected chi connectivity index (χ3v) is 4.82. The molecule has 2 N–H and O–H groups in total. The highest BCUT2D eigenvalue weighted by molar-refractivity contribution is 7.92. The number of carbonyl (C=O) groups excluding carboxylic acids is 1. The summed E-state index contributed by atoms with van der Waals surface area (Å²) in [5.41, 5.74) is 1.82. The third kappa shape index (κ3) is 5.86. The minimum absolute atomic E-state index is 0.0791. The van der Waals surface area contributed by atoms with Crippen LogP contribution in [0, 0.1) is 6.92 Å². The van der Waals surface area contributed by atoms with E-state index in [-0.39, 0.29) is 11.9 Å². The fourth-order valence-electron chi connectivity index (χ4n) is 2.99. The summed E-state index contributed by atoms with van der Waals surface area (Å²) in [4.78, 5) is 12.4. The van der Waals surface area contributed by atoms with Crippen molar-refractivity contribution in [2.75, 3.05) is 11.0 Å². The Balaban J connectivity index is 2.02. The Morgan fingerprint density at radius 3 is 2.26 bits per heavy atom. The molecule has 5 nitrogen and oxygen atoms in total. The zero-order valence-electron chi connectivity index (χ0n) is 13.9. The van der Waals surface area contributed by atoms with E-state index in [4.69, 9.17) is 0 Å². The quantitative estimate of drug-likeness (QED) is 0.885. The molecule has 1 aromatic carbocycles. The SMILES string of the molecule is Cc1cc(C(=O)NC2CCCCCCC2)ccc1NS(C)(=O)=O. The lowest BCUT2D eigenvalue weighted by Gasteiger charge is -2.21. The maximum atomic E-state index is 12.4. The summed E-state index contributed by atoms with van der Waals surface area (Å²) >= 11 is 0. The first-order chi connectivity index (χ1) is 10.8. The molecule has 0 atom stereocenters. The van der Waals surface area contributed by atoms with E-state index in [1.807, 2.05) is 0 Å². The molecule has 0 aromatic heterocycles. The fraction of sp³-hybridized carbons (Fsp3) is 0.588. The maximum Gasteiger partial charge on any atom is 0.251 e. The molecule has 6 heteroatoms. The van der Waals surface area contributed by atoms with Crippen LogP contribution in [0.4, 0.5) is 5.69 Å². The molecule has 1 amide bonds. The lowest BCUT2D eigenvalue weighted by Crippen LogP contribution is -2.35. The van der Waals surface area contributed by atoms with Crippen LogP contribution in [-0.2, 0) is 10.0 Å². The third-order valence-electron chi connectivity index (χ3n) is 4.22. The van der Waals surface area contributed by atoms with Crippen molar-refractivity contribution >= 4 is 21.6 Å². The van der Waals surface area contributed by atoms with Crippen molar-refractivity contribution in [1.29, 1.82) is 0 Å². The van der Waals surface area contributed by atoms with Gasteiger partial charge in [-0.25, -0.2) is 8.42 Å². The summed E-state index contributed by atoms with van der Waals surface area (Å²) in [6, 6.07) is 5.28. The number of amides is 1. The highest BCUT2D eigenvalue weighted by Crippen LogP contribution is 2.20. The average molecular weight is 338 g/mol. The molecule has 1 aliphatic rings. The standard InChI is InChI=1S/C17H26N2O3S/c1-13-12-14(10-11-16(13)19-23(2,21)22)17(20)18-15-8-6-4-3-5-7-9-15/h10-12,15,19H,3-9H2,1-2H3,(H,18,20). The minimum Gasteiger partial charge on any atom is -0.349 e. The highest BCUT2D eigenvalue weighted by Gasteiger charge is 2.16. The van der Waals surface area contributed by atoms with Crippen LogP contribution in [0.1, 0.15) is 60.9 Å². The predicted molar refractivity (Wildman–Crippen MR) is 93.2 cm³/mol. The van der Waals surface area contributed by atoms with Gasteiger partial charge in [-0.1, -0.05) is 32.1 Å². The van der Waals surface area contributed by atoms with Gasteiger partial charge < -0.3 is 5.32 Å². The Labute approximate surface area is 138 Å². The van der Waals surface area contributed by atoms with Crippen molar-refractivity contribution in [3.8, 4) is 0 Å². The zero-order chi connectivity index (χ0) is 16.9. The van der Waals surface area contributed by atoms with E-state index in [1.165, 1.54) is 32.1 Å². The molecular weight excluding hydrogens is 312 g/mol. The first-order valence-electron chi connectivity index (χ1n) is 8.24. The van der Waals surface area contributed by atoms with Crippen molar-refractivity contribution in [1.82, 2.24) is 5.32 Å². The molecule has 23 heavy (non-hydrogen) atoms. The van der Waals surface area contributed by atoms with Crippen molar-refractivity contribution in [3.63, 3.8) is 0 Å². The molecular formula is C17H26N2O3S. The molecule has 1 aliphatic carbocycles. The summed E-state index contributed by atoms with van der Waals surface area (Å²) in [5, 5.41) is 3.12. The number of hydrogen-bond acceptors (Lipinski definition) is 3. The number of sulfonamides is 1. The van der Waals surface area contributed by atoms with Crippen LogP contribution in [0.25, 0.3) is 0 Å². The Kier molecular flexibility index (Phi) is 6.04. The molecule has 0 bridgehead atoms. The van der Waals surface area contributed by atoms with E-state index in [0.29, 0.717) is 11.3 Å². The van der Waals surface area contributed by atoms with E-state index in [2.05, 4.69) is 10.0 Å². The number of carbonyl (C=O) groups is 1. The van der Waals surface area contributed by atoms with Gasteiger partial charge in [0.2, 0.25) is 10.0 Å². The molecule has 0 spiro atoms. The molecule has 1 fully saturated rings. The molecule has 1 saturated carbocycles. The molecule has 1 aromatic rings. The second-order valence-electron chi connectivity index (χ2n) is 6.42. The van der Waals surface area contributed by atoms with Crippen molar-refractivity contribution in [3.05, 3.63) is 29.3 Å². The number of aryl methyl sites for hydroxylation is 1. The Bertz CT molecular complexity index is 648. The first kappa shape index (κ1) is 17.8. The fourth-order valence-corrected chi connectivity index (χ4v) is 3.62. The first-order valence-corrected chi connectivity index (χ1v) is 10.1. The summed E-state index contributed by atoms with van der Waals surface area (Å²) in [7, 11) is -3.31. The second-order valence-corrected chi connectivity index (χ2v) is 8.17. The van der Waals surface area contributed by atoms with Gasteiger partial charge in [-0.05, 0) is 43.5 Å². The van der Waals surface area contributed by atoms with Gasteiger partial charge in [0.15, 0.2) is 0 Å². The smallest absolute Gasteiger partial charge is 0.251 e. The van der Waals surface area contributed by atoms with E-state index >= 15 is 0 Å². The summed E-state index contributed by atoms with van der Waals surface area (Å²) < 4.78 is 25.1. The molecule has 0 heterocycles. The number of hydrogen-bond donors (Lipinski definition) is 2. The largest absolute Gasteiger partial charge is 0.349 e. The molecule has 0 radical (unpaired) electrons. The number of nitrogens with one attached hydrogen (secondary N) is 2. The maximum absolute atomic E-state index is 12.4. The van der Waals surface area contributed by atoms with Crippen LogP contribution in [0.15, 0.2) is 18.2 Å². The number of benzene rings is 1. The van der Waals surface area contributed by atoms with Crippen molar-refractivity contribution in [2.24, 2.45) is 0 Å². The summed E-state index contributed by atoms with van der Waals surface area (Å²) in [5.74, 6) is -0.0791. The van der Waals surface area contributed by atoms with Crippen LogP contribution in [-0.4, -0.2) is 26.6 Å². The van der Waals surface area contributed by atoms with E-state index in [9.17, 15) is 13.2 Å². The van der Waals surface area contributed by atoms with Gasteiger partial charge in [0.1, 0.15) is 0 Å². The average Bonchev–Trinajstić information content (AvgIpc) is 2.42.